The zero-order chi connectivity index (χ0) is 17.4. The molecule has 1 aliphatic rings. The highest BCUT2D eigenvalue weighted by molar-refractivity contribution is 9.10. The molecule has 1 amide bonds. The lowest BCUT2D eigenvalue weighted by molar-refractivity contribution is 0.0772. The van der Waals surface area contributed by atoms with Crippen molar-refractivity contribution >= 4 is 49.9 Å². The first-order valence-electron chi connectivity index (χ1n) is 8.14. The highest BCUT2D eigenvalue weighted by atomic mass is 79.9. The quantitative estimate of drug-likeness (QED) is 0.588. The molecule has 0 saturated heterocycles. The van der Waals surface area contributed by atoms with Gasteiger partial charge in [-0.15, -0.1) is 0 Å². The van der Waals surface area contributed by atoms with Gasteiger partial charge in [0.2, 0.25) is 0 Å². The number of hydrogen-bond acceptors (Lipinski definition) is 1. The van der Waals surface area contributed by atoms with E-state index in [2.05, 4.69) is 33.1 Å². The van der Waals surface area contributed by atoms with Gasteiger partial charge in [-0.3, -0.25) is 4.79 Å². The fourth-order valence-corrected chi connectivity index (χ4v) is 3.97. The van der Waals surface area contributed by atoms with Crippen molar-refractivity contribution < 1.29 is 4.79 Å². The average Bonchev–Trinajstić information content (AvgIpc) is 3.07. The Hall–Kier alpha value is -2.04. The van der Waals surface area contributed by atoms with Gasteiger partial charge in [-0.2, -0.15) is 0 Å². The summed E-state index contributed by atoms with van der Waals surface area (Å²) in [5, 5.41) is 1.86. The number of para-hydroxylation sites is 1. The van der Waals surface area contributed by atoms with E-state index in [-0.39, 0.29) is 5.91 Å². The number of H-pyrrole nitrogens is 1. The number of fused-ring (bicyclic) bond motifs is 1. The van der Waals surface area contributed by atoms with Crippen molar-refractivity contribution in [1.29, 1.82) is 0 Å². The summed E-state index contributed by atoms with van der Waals surface area (Å²) >= 11 is 9.71. The van der Waals surface area contributed by atoms with Gasteiger partial charge in [-0.1, -0.05) is 41.9 Å². The van der Waals surface area contributed by atoms with Crippen LogP contribution in [-0.4, -0.2) is 28.9 Å². The second kappa shape index (κ2) is 6.70. The lowest BCUT2D eigenvalue weighted by Crippen LogP contribution is -2.34. The summed E-state index contributed by atoms with van der Waals surface area (Å²) in [6.07, 6.45) is 4.98. The summed E-state index contributed by atoms with van der Waals surface area (Å²) in [5.41, 5.74) is 4.10. The molecule has 2 heterocycles. The van der Waals surface area contributed by atoms with E-state index in [0.29, 0.717) is 18.7 Å². The van der Waals surface area contributed by atoms with E-state index in [1.807, 2.05) is 47.5 Å². The van der Waals surface area contributed by atoms with Crippen LogP contribution in [0.4, 0.5) is 0 Å². The van der Waals surface area contributed by atoms with E-state index in [1.54, 1.807) is 0 Å². The summed E-state index contributed by atoms with van der Waals surface area (Å²) < 4.78 is 0.834. The number of hydrogen-bond donors (Lipinski definition) is 1. The van der Waals surface area contributed by atoms with Crippen LogP contribution in [0.3, 0.4) is 0 Å². The minimum atomic E-state index is 0.0600. The molecule has 3 aromatic rings. The van der Waals surface area contributed by atoms with E-state index in [9.17, 15) is 4.79 Å². The summed E-state index contributed by atoms with van der Waals surface area (Å²) in [4.78, 5) is 17.9. The van der Waals surface area contributed by atoms with Gasteiger partial charge in [0.15, 0.2) is 0 Å². The highest BCUT2D eigenvalue weighted by Crippen LogP contribution is 2.32. The number of rotatable bonds is 2. The summed E-state index contributed by atoms with van der Waals surface area (Å²) in [7, 11) is 0. The highest BCUT2D eigenvalue weighted by Gasteiger charge is 2.22. The molecule has 1 aromatic heterocycles. The van der Waals surface area contributed by atoms with E-state index in [4.69, 9.17) is 11.6 Å². The Labute approximate surface area is 159 Å². The molecule has 0 radical (unpaired) electrons. The number of amides is 1. The maximum absolute atomic E-state index is 12.7. The molecule has 3 nitrogen and oxygen atoms in total. The fraction of sp³-hybridized carbons (Fsp3) is 0.150. The van der Waals surface area contributed by atoms with Crippen LogP contribution in [0, 0.1) is 0 Å². The summed E-state index contributed by atoms with van der Waals surface area (Å²) in [5.74, 6) is 0.0600. The molecule has 0 bridgehead atoms. The van der Waals surface area contributed by atoms with E-state index < -0.39 is 0 Å². The lowest BCUT2D eigenvalue weighted by atomic mass is 9.98. The van der Waals surface area contributed by atoms with Crippen molar-refractivity contribution in [3.63, 3.8) is 0 Å². The Morgan fingerprint density at radius 2 is 2.00 bits per heavy atom. The molecule has 2 aromatic carbocycles. The van der Waals surface area contributed by atoms with Gasteiger partial charge < -0.3 is 9.88 Å². The topological polar surface area (TPSA) is 36.1 Å². The maximum Gasteiger partial charge on any atom is 0.255 e. The predicted octanol–water partition coefficient (Wildman–Crippen LogP) is 5.51. The van der Waals surface area contributed by atoms with Gasteiger partial charge in [0, 0.05) is 34.7 Å². The molecule has 5 heteroatoms. The zero-order valence-electron chi connectivity index (χ0n) is 13.4. The second-order valence-corrected chi connectivity index (χ2v) is 7.34. The van der Waals surface area contributed by atoms with Crippen LogP contribution in [-0.2, 0) is 0 Å². The third-order valence-corrected chi connectivity index (χ3v) is 5.62. The molecule has 0 unspecified atom stereocenters. The van der Waals surface area contributed by atoms with Crippen molar-refractivity contribution in [2.24, 2.45) is 0 Å². The standard InChI is InChI=1S/C20H16BrClN2O/c21-17-6-2-1-4-15(17)20(25)24-10-8-13(9-11-24)16-12-23-19-14(16)5-3-7-18(19)22/h1-8,12,23H,9-11H2. The number of carbonyl (C=O) groups is 1. The first-order valence-corrected chi connectivity index (χ1v) is 9.31. The number of nitrogens with zero attached hydrogens (tertiary/aromatic N) is 1. The van der Waals surface area contributed by atoms with Crippen LogP contribution < -0.4 is 0 Å². The SMILES string of the molecule is O=C(c1ccccc1Br)N1CC=C(c2c[nH]c3c(Cl)cccc23)CC1. The van der Waals surface area contributed by atoms with Gasteiger partial charge in [0.1, 0.15) is 0 Å². The van der Waals surface area contributed by atoms with Crippen LogP contribution >= 0.6 is 27.5 Å². The third kappa shape index (κ3) is 3.00. The summed E-state index contributed by atoms with van der Waals surface area (Å²) in [6, 6.07) is 13.5. The summed E-state index contributed by atoms with van der Waals surface area (Å²) in [6.45, 7) is 1.32. The van der Waals surface area contributed by atoms with Crippen molar-refractivity contribution in [3.05, 3.63) is 75.4 Å². The first kappa shape index (κ1) is 16.4. The van der Waals surface area contributed by atoms with Crippen LogP contribution in [0.5, 0.6) is 0 Å². The lowest BCUT2D eigenvalue weighted by Gasteiger charge is -2.27. The molecule has 25 heavy (non-hydrogen) atoms. The number of benzene rings is 2. The van der Waals surface area contributed by atoms with Gasteiger partial charge in [0.05, 0.1) is 16.1 Å². The maximum atomic E-state index is 12.7. The normalized spacial score (nSPS) is 14.6. The van der Waals surface area contributed by atoms with Crippen LogP contribution in [0.15, 0.2) is 59.2 Å². The van der Waals surface area contributed by atoms with Crippen molar-refractivity contribution in [3.8, 4) is 0 Å². The number of carbonyl (C=O) groups excluding carboxylic acids is 1. The Balaban J connectivity index is 1.59. The number of halogens is 2. The monoisotopic (exact) mass is 414 g/mol. The second-order valence-electron chi connectivity index (χ2n) is 6.08. The number of aromatic nitrogens is 1. The van der Waals surface area contributed by atoms with Crippen molar-refractivity contribution in [1.82, 2.24) is 9.88 Å². The van der Waals surface area contributed by atoms with E-state index in [0.717, 1.165) is 26.8 Å². The van der Waals surface area contributed by atoms with E-state index in [1.165, 1.54) is 11.1 Å². The minimum absolute atomic E-state index is 0.0600. The Bertz CT molecular complexity index is 992. The molecule has 0 saturated carbocycles. The fourth-order valence-electron chi connectivity index (χ4n) is 3.29. The molecule has 4 rings (SSSR count). The molecule has 0 fully saturated rings. The predicted molar refractivity (Wildman–Crippen MR) is 106 cm³/mol. The Kier molecular flexibility index (Phi) is 4.40. The molecular formula is C20H16BrClN2O. The van der Waals surface area contributed by atoms with Crippen LogP contribution in [0.2, 0.25) is 5.02 Å². The molecule has 0 spiro atoms. The minimum Gasteiger partial charge on any atom is -0.359 e. The van der Waals surface area contributed by atoms with Gasteiger partial charge >= 0.3 is 0 Å². The molecule has 126 valence electrons. The van der Waals surface area contributed by atoms with Crippen molar-refractivity contribution in [2.45, 2.75) is 6.42 Å². The van der Waals surface area contributed by atoms with Crippen LogP contribution in [0.1, 0.15) is 22.3 Å². The zero-order valence-corrected chi connectivity index (χ0v) is 15.8. The van der Waals surface area contributed by atoms with Gasteiger partial charge in [-0.05, 0) is 46.1 Å². The largest absolute Gasteiger partial charge is 0.359 e. The molecular weight excluding hydrogens is 400 g/mol. The molecule has 1 N–H and O–H groups in total. The van der Waals surface area contributed by atoms with Gasteiger partial charge in [-0.25, -0.2) is 0 Å². The molecule has 0 atom stereocenters. The van der Waals surface area contributed by atoms with Crippen LogP contribution in [0.25, 0.3) is 16.5 Å². The average molecular weight is 416 g/mol. The smallest absolute Gasteiger partial charge is 0.255 e. The Morgan fingerprint density at radius 3 is 2.76 bits per heavy atom. The van der Waals surface area contributed by atoms with E-state index >= 15 is 0 Å². The van der Waals surface area contributed by atoms with Gasteiger partial charge in [0.25, 0.3) is 5.91 Å². The number of aromatic amines is 1. The van der Waals surface area contributed by atoms with Crippen molar-refractivity contribution in [2.75, 3.05) is 13.1 Å². The number of nitrogens with one attached hydrogen (secondary N) is 1. The molecule has 0 aliphatic carbocycles. The first-order chi connectivity index (χ1) is 12.1. The Morgan fingerprint density at radius 1 is 1.16 bits per heavy atom. The third-order valence-electron chi connectivity index (χ3n) is 4.61. The molecule has 1 aliphatic heterocycles.